The summed E-state index contributed by atoms with van der Waals surface area (Å²) < 4.78 is 6.33. The predicted octanol–water partition coefficient (Wildman–Crippen LogP) is 2.67. The quantitative estimate of drug-likeness (QED) is 0.750. The van der Waals surface area contributed by atoms with Gasteiger partial charge in [-0.15, -0.1) is 0 Å². The molecule has 0 unspecified atom stereocenters. The smallest absolute Gasteiger partial charge is 0.261 e. The van der Waals surface area contributed by atoms with Gasteiger partial charge in [-0.05, 0) is 31.0 Å². The molecule has 0 atom stereocenters. The summed E-state index contributed by atoms with van der Waals surface area (Å²) in [4.78, 5) is 38.4. The van der Waals surface area contributed by atoms with Gasteiger partial charge in [-0.1, -0.05) is 46.8 Å². The lowest BCUT2D eigenvalue weighted by Gasteiger charge is -2.47. The Bertz CT molecular complexity index is 719. The van der Waals surface area contributed by atoms with Crippen LogP contribution in [-0.2, 0) is 14.4 Å². The van der Waals surface area contributed by atoms with Gasteiger partial charge in [-0.2, -0.15) is 0 Å². The lowest BCUT2D eigenvalue weighted by atomic mass is 9.78. The highest BCUT2D eigenvalue weighted by Gasteiger charge is 2.50. The lowest BCUT2D eigenvalue weighted by molar-refractivity contribution is -0.161. The highest BCUT2D eigenvalue weighted by Crippen LogP contribution is 2.36. The topological polar surface area (TPSA) is 75.7 Å². The average molecular weight is 430 g/mol. The molecular weight excluding hydrogens is 412 g/mol. The summed E-state index contributed by atoms with van der Waals surface area (Å²) in [6, 6.07) is 5.08. The molecule has 3 amide bonds. The molecule has 25 heavy (non-hydrogen) atoms. The minimum Gasteiger partial charge on any atom is -0.482 e. The first-order valence-electron chi connectivity index (χ1n) is 8.15. The molecule has 6 nitrogen and oxygen atoms in total. The fourth-order valence-electron chi connectivity index (χ4n) is 3.47. The first kappa shape index (κ1) is 18.2. The molecule has 1 N–H and O–H groups in total. The van der Waals surface area contributed by atoms with Crippen molar-refractivity contribution in [2.45, 2.75) is 37.6 Å². The van der Waals surface area contributed by atoms with E-state index in [1.807, 2.05) is 0 Å². The van der Waals surface area contributed by atoms with Crippen LogP contribution >= 0.6 is 27.5 Å². The summed E-state index contributed by atoms with van der Waals surface area (Å²) in [5, 5.41) is 2.75. The molecule has 1 aliphatic carbocycles. The van der Waals surface area contributed by atoms with Crippen LogP contribution in [0.15, 0.2) is 22.7 Å². The predicted molar refractivity (Wildman–Crippen MR) is 95.3 cm³/mol. The molecule has 1 heterocycles. The van der Waals surface area contributed by atoms with Crippen LogP contribution in [0.3, 0.4) is 0 Å². The molecule has 1 saturated carbocycles. The van der Waals surface area contributed by atoms with E-state index in [1.54, 1.807) is 18.2 Å². The number of rotatable bonds is 3. The zero-order valence-electron chi connectivity index (χ0n) is 13.5. The van der Waals surface area contributed by atoms with E-state index in [4.69, 9.17) is 16.3 Å². The zero-order valence-corrected chi connectivity index (χ0v) is 15.9. The maximum Gasteiger partial charge on any atom is 0.261 e. The Hall–Kier alpha value is -1.60. The van der Waals surface area contributed by atoms with Gasteiger partial charge in [0, 0.05) is 4.47 Å². The number of imide groups is 1. The monoisotopic (exact) mass is 428 g/mol. The number of carbonyl (C=O) groups excluding carboxylic acids is 3. The molecule has 1 aliphatic heterocycles. The van der Waals surface area contributed by atoms with Crippen molar-refractivity contribution in [2.24, 2.45) is 0 Å². The molecule has 134 valence electrons. The van der Waals surface area contributed by atoms with E-state index >= 15 is 0 Å². The van der Waals surface area contributed by atoms with E-state index in [0.29, 0.717) is 23.6 Å². The summed E-state index contributed by atoms with van der Waals surface area (Å²) >= 11 is 9.39. The van der Waals surface area contributed by atoms with Crippen molar-refractivity contribution in [3.05, 3.63) is 27.7 Å². The molecule has 1 aromatic carbocycles. The number of hydrogen-bond donors (Lipinski definition) is 1. The SMILES string of the molecule is O=C1CN(C(=O)COc2ccc(Br)cc2Cl)C2(CCCCC2)C(=O)N1. The van der Waals surface area contributed by atoms with Gasteiger partial charge in [-0.25, -0.2) is 0 Å². The molecule has 0 bridgehead atoms. The maximum absolute atomic E-state index is 12.7. The molecule has 8 heteroatoms. The van der Waals surface area contributed by atoms with Gasteiger partial charge in [-0.3, -0.25) is 19.7 Å². The fraction of sp³-hybridized carbons (Fsp3) is 0.471. The highest BCUT2D eigenvalue weighted by molar-refractivity contribution is 9.10. The molecule has 0 aromatic heterocycles. The van der Waals surface area contributed by atoms with Crippen LogP contribution in [0.4, 0.5) is 0 Å². The van der Waals surface area contributed by atoms with Gasteiger partial charge < -0.3 is 9.64 Å². The molecular formula is C17H18BrClN2O4. The second-order valence-corrected chi connectivity index (χ2v) is 7.64. The van der Waals surface area contributed by atoms with Gasteiger partial charge in [0.15, 0.2) is 6.61 Å². The molecule has 2 aliphatic rings. The maximum atomic E-state index is 12.7. The van der Waals surface area contributed by atoms with E-state index in [2.05, 4.69) is 21.2 Å². The van der Waals surface area contributed by atoms with E-state index in [9.17, 15) is 14.4 Å². The Morgan fingerprint density at radius 1 is 1.28 bits per heavy atom. The van der Waals surface area contributed by atoms with E-state index in [0.717, 1.165) is 23.7 Å². The normalized spacial score (nSPS) is 19.7. The van der Waals surface area contributed by atoms with Crippen molar-refractivity contribution in [3.8, 4) is 5.75 Å². The number of nitrogens with zero attached hydrogens (tertiary/aromatic N) is 1. The third kappa shape index (κ3) is 3.67. The minimum absolute atomic E-state index is 0.123. The van der Waals surface area contributed by atoms with Gasteiger partial charge in [0.05, 0.1) is 5.02 Å². The van der Waals surface area contributed by atoms with Crippen molar-refractivity contribution in [1.29, 1.82) is 0 Å². The zero-order chi connectivity index (χ0) is 18.0. The van der Waals surface area contributed by atoms with Gasteiger partial charge >= 0.3 is 0 Å². The molecule has 3 rings (SSSR count). The molecule has 1 saturated heterocycles. The number of piperazine rings is 1. The van der Waals surface area contributed by atoms with Crippen LogP contribution in [0.5, 0.6) is 5.75 Å². The Labute approximate surface area is 159 Å². The van der Waals surface area contributed by atoms with Gasteiger partial charge in [0.25, 0.3) is 11.8 Å². The van der Waals surface area contributed by atoms with Gasteiger partial charge in [0.1, 0.15) is 17.8 Å². The molecule has 0 radical (unpaired) electrons. The Kier molecular flexibility index (Phi) is 5.34. The van der Waals surface area contributed by atoms with Crippen LogP contribution < -0.4 is 10.1 Å². The van der Waals surface area contributed by atoms with Crippen molar-refractivity contribution in [3.63, 3.8) is 0 Å². The first-order chi connectivity index (χ1) is 11.9. The molecule has 1 spiro atoms. The standard InChI is InChI=1S/C17H18BrClN2O4/c18-11-4-5-13(12(19)8-11)25-10-15(23)21-9-14(22)20-16(24)17(21)6-2-1-3-7-17/h4-5,8H,1-3,6-7,9-10H2,(H,20,22,24). The number of ether oxygens (including phenoxy) is 1. The average Bonchev–Trinajstić information content (AvgIpc) is 2.58. The van der Waals surface area contributed by atoms with E-state index < -0.39 is 11.4 Å². The van der Waals surface area contributed by atoms with Crippen molar-refractivity contribution < 1.29 is 19.1 Å². The number of nitrogens with one attached hydrogen (secondary N) is 1. The Balaban J connectivity index is 1.76. The Morgan fingerprint density at radius 3 is 2.68 bits per heavy atom. The van der Waals surface area contributed by atoms with E-state index in [-0.39, 0.29) is 25.0 Å². The van der Waals surface area contributed by atoms with E-state index in [1.165, 1.54) is 4.90 Å². The second kappa shape index (κ2) is 7.33. The van der Waals surface area contributed by atoms with Crippen LogP contribution in [0.1, 0.15) is 32.1 Å². The number of halogens is 2. The number of amides is 3. The minimum atomic E-state index is -0.934. The summed E-state index contributed by atoms with van der Waals surface area (Å²) in [6.45, 7) is -0.397. The largest absolute Gasteiger partial charge is 0.482 e. The van der Waals surface area contributed by atoms with Crippen molar-refractivity contribution in [1.82, 2.24) is 10.2 Å². The lowest BCUT2D eigenvalue weighted by Crippen LogP contribution is -2.69. The van der Waals surface area contributed by atoms with Crippen LogP contribution in [0.2, 0.25) is 5.02 Å². The van der Waals surface area contributed by atoms with Crippen molar-refractivity contribution in [2.75, 3.05) is 13.2 Å². The van der Waals surface area contributed by atoms with Crippen LogP contribution in [0, 0.1) is 0 Å². The molecule has 1 aromatic rings. The summed E-state index contributed by atoms with van der Waals surface area (Å²) in [5.74, 6) is -0.845. The highest BCUT2D eigenvalue weighted by atomic mass is 79.9. The fourth-order valence-corrected chi connectivity index (χ4v) is 4.20. The summed E-state index contributed by atoms with van der Waals surface area (Å²) in [7, 11) is 0. The number of carbonyl (C=O) groups is 3. The first-order valence-corrected chi connectivity index (χ1v) is 9.32. The second-order valence-electron chi connectivity index (χ2n) is 6.31. The molecule has 2 fully saturated rings. The number of hydrogen-bond acceptors (Lipinski definition) is 4. The third-order valence-corrected chi connectivity index (χ3v) is 5.51. The summed E-state index contributed by atoms with van der Waals surface area (Å²) in [6.07, 6.45) is 3.86. The number of benzene rings is 1. The van der Waals surface area contributed by atoms with Crippen molar-refractivity contribution >= 4 is 45.3 Å². The third-order valence-electron chi connectivity index (χ3n) is 4.72. The van der Waals surface area contributed by atoms with Crippen LogP contribution in [0.25, 0.3) is 0 Å². The van der Waals surface area contributed by atoms with Crippen LogP contribution in [-0.4, -0.2) is 41.3 Å². The Morgan fingerprint density at radius 2 is 2.00 bits per heavy atom. The summed E-state index contributed by atoms with van der Waals surface area (Å²) in [5.41, 5.74) is -0.934. The van der Waals surface area contributed by atoms with Gasteiger partial charge in [0.2, 0.25) is 5.91 Å².